The second-order valence-electron chi connectivity index (χ2n) is 3.29. The van der Waals surface area contributed by atoms with Crippen molar-refractivity contribution in [3.05, 3.63) is 41.5 Å². The molecule has 15 heavy (non-hydrogen) atoms. The van der Waals surface area contributed by atoms with Crippen molar-refractivity contribution >= 4 is 6.08 Å². The van der Waals surface area contributed by atoms with E-state index in [4.69, 9.17) is 10.4 Å². The van der Waals surface area contributed by atoms with Gasteiger partial charge >= 0.3 is 0 Å². The Hall–Kier alpha value is -1.59. The van der Waals surface area contributed by atoms with Crippen molar-refractivity contribution in [1.29, 1.82) is 5.26 Å². The highest BCUT2D eigenvalue weighted by molar-refractivity contribution is 5.53. The number of aryl methyl sites for hydroxylation is 1. The fraction of sp³-hybridized carbons (Fsp3) is 0.308. The second kappa shape index (κ2) is 6.80. The Morgan fingerprint density at radius 2 is 2.13 bits per heavy atom. The summed E-state index contributed by atoms with van der Waals surface area (Å²) in [6.07, 6.45) is 5.93. The molecule has 1 rings (SSSR count). The molecule has 0 aliphatic carbocycles. The summed E-state index contributed by atoms with van der Waals surface area (Å²) in [4.78, 5) is 0. The highest BCUT2D eigenvalue weighted by Gasteiger charge is 1.97. The van der Waals surface area contributed by atoms with Crippen LogP contribution in [0.5, 0.6) is 0 Å². The number of hydrogen-bond acceptors (Lipinski definition) is 2. The molecular weight excluding hydrogens is 186 g/mol. The Morgan fingerprint density at radius 1 is 1.33 bits per heavy atom. The number of aliphatic hydroxyl groups is 1. The van der Waals surface area contributed by atoms with Crippen molar-refractivity contribution in [3.8, 4) is 6.07 Å². The van der Waals surface area contributed by atoms with E-state index in [1.54, 1.807) is 0 Å². The van der Waals surface area contributed by atoms with Crippen molar-refractivity contribution in [2.75, 3.05) is 6.61 Å². The quantitative estimate of drug-likeness (QED) is 0.795. The van der Waals surface area contributed by atoms with Crippen molar-refractivity contribution in [1.82, 2.24) is 0 Å². The predicted molar refractivity (Wildman–Crippen MR) is 61.1 cm³/mol. The molecule has 1 aromatic carbocycles. The van der Waals surface area contributed by atoms with Gasteiger partial charge in [-0.1, -0.05) is 36.4 Å². The largest absolute Gasteiger partial charge is 0.396 e. The summed E-state index contributed by atoms with van der Waals surface area (Å²) in [5.74, 6) is 0. The molecule has 0 bridgehead atoms. The van der Waals surface area contributed by atoms with Gasteiger partial charge in [0, 0.05) is 6.61 Å². The van der Waals surface area contributed by atoms with Gasteiger partial charge in [-0.15, -0.1) is 0 Å². The molecule has 0 fully saturated rings. The Morgan fingerprint density at radius 3 is 2.87 bits per heavy atom. The number of rotatable bonds is 5. The van der Waals surface area contributed by atoms with Crippen LogP contribution in [0.4, 0.5) is 0 Å². The number of aliphatic hydroxyl groups excluding tert-OH is 1. The van der Waals surface area contributed by atoms with E-state index in [0.717, 1.165) is 18.4 Å². The lowest BCUT2D eigenvalue weighted by atomic mass is 10.0. The van der Waals surface area contributed by atoms with Gasteiger partial charge in [0.15, 0.2) is 0 Å². The summed E-state index contributed by atoms with van der Waals surface area (Å²) in [5, 5.41) is 17.2. The smallest absolute Gasteiger partial charge is 0.0663 e. The van der Waals surface area contributed by atoms with E-state index in [1.807, 2.05) is 30.4 Å². The van der Waals surface area contributed by atoms with Crippen LogP contribution < -0.4 is 0 Å². The van der Waals surface area contributed by atoms with Crippen LogP contribution in [0.15, 0.2) is 30.3 Å². The van der Waals surface area contributed by atoms with E-state index in [9.17, 15) is 0 Å². The maximum absolute atomic E-state index is 8.77. The van der Waals surface area contributed by atoms with Crippen molar-refractivity contribution in [2.45, 2.75) is 19.3 Å². The Bertz CT molecular complexity index is 363. The third-order valence-corrected chi connectivity index (χ3v) is 2.17. The number of benzene rings is 1. The van der Waals surface area contributed by atoms with Crippen molar-refractivity contribution < 1.29 is 5.11 Å². The Kier molecular flexibility index (Phi) is 5.21. The molecular formula is C13H15NO. The van der Waals surface area contributed by atoms with Gasteiger partial charge in [-0.3, -0.25) is 0 Å². The Balaban J connectivity index is 2.73. The summed E-state index contributed by atoms with van der Waals surface area (Å²) >= 11 is 0. The monoisotopic (exact) mass is 201 g/mol. The zero-order chi connectivity index (χ0) is 10.9. The van der Waals surface area contributed by atoms with Crippen LogP contribution in [0, 0.1) is 11.3 Å². The normalized spacial score (nSPS) is 10.4. The number of hydrogen-bond donors (Lipinski definition) is 1. The van der Waals surface area contributed by atoms with Gasteiger partial charge < -0.3 is 5.11 Å². The predicted octanol–water partition coefficient (Wildman–Crippen LogP) is 2.54. The number of nitrogens with zero attached hydrogens (tertiary/aromatic N) is 1. The van der Waals surface area contributed by atoms with E-state index in [-0.39, 0.29) is 6.61 Å². The molecule has 1 N–H and O–H groups in total. The van der Waals surface area contributed by atoms with Gasteiger partial charge in [0.2, 0.25) is 0 Å². The molecule has 0 saturated carbocycles. The van der Waals surface area contributed by atoms with Crippen molar-refractivity contribution in [3.63, 3.8) is 0 Å². The fourth-order valence-electron chi connectivity index (χ4n) is 1.43. The first-order chi connectivity index (χ1) is 7.38. The summed E-state index contributed by atoms with van der Waals surface area (Å²) in [7, 11) is 0. The van der Waals surface area contributed by atoms with Gasteiger partial charge in [-0.25, -0.2) is 0 Å². The summed E-state index contributed by atoms with van der Waals surface area (Å²) in [6.45, 7) is 0.218. The van der Waals surface area contributed by atoms with Gasteiger partial charge in [0.1, 0.15) is 0 Å². The molecule has 0 unspecified atom stereocenters. The maximum Gasteiger partial charge on any atom is 0.0663 e. The van der Waals surface area contributed by atoms with Crippen molar-refractivity contribution in [2.24, 2.45) is 0 Å². The Labute approximate surface area is 90.5 Å². The molecule has 78 valence electrons. The van der Waals surface area contributed by atoms with Crippen LogP contribution in [0.2, 0.25) is 0 Å². The second-order valence-corrected chi connectivity index (χ2v) is 3.29. The highest BCUT2D eigenvalue weighted by Crippen LogP contribution is 2.12. The van der Waals surface area contributed by atoms with E-state index in [2.05, 4.69) is 12.1 Å². The maximum atomic E-state index is 8.77. The zero-order valence-electron chi connectivity index (χ0n) is 8.69. The first kappa shape index (κ1) is 11.5. The topological polar surface area (TPSA) is 44.0 Å². The van der Waals surface area contributed by atoms with E-state index in [0.29, 0.717) is 6.42 Å². The lowest BCUT2D eigenvalue weighted by Gasteiger charge is -2.04. The molecule has 0 amide bonds. The van der Waals surface area contributed by atoms with E-state index < -0.39 is 0 Å². The molecule has 0 radical (unpaired) electrons. The zero-order valence-corrected chi connectivity index (χ0v) is 8.69. The van der Waals surface area contributed by atoms with Gasteiger partial charge in [0.25, 0.3) is 0 Å². The highest BCUT2D eigenvalue weighted by atomic mass is 16.2. The molecule has 0 aromatic heterocycles. The third-order valence-electron chi connectivity index (χ3n) is 2.17. The summed E-state index contributed by atoms with van der Waals surface area (Å²) in [5.41, 5.74) is 2.36. The number of nitriles is 1. The molecule has 1 aromatic rings. The molecule has 0 saturated heterocycles. The minimum Gasteiger partial charge on any atom is -0.396 e. The average molecular weight is 201 g/mol. The first-order valence-electron chi connectivity index (χ1n) is 5.10. The molecule has 0 aliphatic rings. The molecule has 0 spiro atoms. The summed E-state index contributed by atoms with van der Waals surface area (Å²) < 4.78 is 0. The van der Waals surface area contributed by atoms with Crippen LogP contribution in [0.1, 0.15) is 24.0 Å². The number of allylic oxidation sites excluding steroid dienone is 1. The van der Waals surface area contributed by atoms with Gasteiger partial charge in [-0.2, -0.15) is 5.26 Å². The van der Waals surface area contributed by atoms with E-state index in [1.165, 1.54) is 5.56 Å². The first-order valence-corrected chi connectivity index (χ1v) is 5.10. The standard InChI is InChI=1S/C13H15NO/c14-10-4-3-8-12-6-1-2-7-13(12)9-5-11-15/h1-3,6-8,15H,4-5,9,11H2. The summed E-state index contributed by atoms with van der Waals surface area (Å²) in [6, 6.07) is 10.1. The average Bonchev–Trinajstić information content (AvgIpc) is 2.28. The third kappa shape index (κ3) is 3.97. The van der Waals surface area contributed by atoms with Gasteiger partial charge in [-0.05, 0) is 24.0 Å². The van der Waals surface area contributed by atoms with Crippen LogP contribution in [0.25, 0.3) is 6.08 Å². The van der Waals surface area contributed by atoms with Crippen LogP contribution in [-0.2, 0) is 6.42 Å². The minimum absolute atomic E-state index is 0.218. The SMILES string of the molecule is N#CCC=Cc1ccccc1CCCO. The van der Waals surface area contributed by atoms with Crippen LogP contribution in [-0.4, -0.2) is 11.7 Å². The molecule has 2 nitrogen and oxygen atoms in total. The van der Waals surface area contributed by atoms with Crippen LogP contribution in [0.3, 0.4) is 0 Å². The fourth-order valence-corrected chi connectivity index (χ4v) is 1.43. The lowest BCUT2D eigenvalue weighted by molar-refractivity contribution is 0.288. The lowest BCUT2D eigenvalue weighted by Crippen LogP contribution is -1.92. The minimum atomic E-state index is 0.218. The molecule has 0 heterocycles. The van der Waals surface area contributed by atoms with E-state index >= 15 is 0 Å². The van der Waals surface area contributed by atoms with Crippen LogP contribution >= 0.6 is 0 Å². The van der Waals surface area contributed by atoms with Gasteiger partial charge in [0.05, 0.1) is 12.5 Å². The molecule has 0 aliphatic heterocycles. The molecule has 0 atom stereocenters. The molecule has 2 heteroatoms.